The molecule has 0 aliphatic rings. The maximum atomic E-state index is 12.9. The number of sulfonamides is 2. The van der Waals surface area contributed by atoms with Crippen molar-refractivity contribution >= 4 is 55.4 Å². The summed E-state index contributed by atoms with van der Waals surface area (Å²) in [6, 6.07) is 51.3. The predicted molar refractivity (Wildman–Crippen MR) is 283 cm³/mol. The molecule has 0 fully saturated rings. The van der Waals surface area contributed by atoms with Crippen molar-refractivity contribution in [3.8, 4) is 17.2 Å². The summed E-state index contributed by atoms with van der Waals surface area (Å²) in [6.45, 7) is 3.21. The molecule has 384 valence electrons. The van der Waals surface area contributed by atoms with E-state index in [1.54, 1.807) is 78.9 Å². The summed E-state index contributed by atoms with van der Waals surface area (Å²) < 4.78 is 72.0. The van der Waals surface area contributed by atoms with E-state index < -0.39 is 44.0 Å². The summed E-state index contributed by atoms with van der Waals surface area (Å²) in [5.41, 5.74) is 2.59. The molecule has 0 atom stereocenters. The van der Waals surface area contributed by atoms with Gasteiger partial charge in [0.05, 0.1) is 11.4 Å². The Kier molecular flexibility index (Phi) is 20.7. The molecule has 0 unspecified atom stereocenters. The quantitative estimate of drug-likeness (QED) is 0.0402. The maximum Gasteiger partial charge on any atom is 0.426 e. The highest BCUT2D eigenvalue weighted by atomic mass is 32.2. The highest BCUT2D eigenvalue weighted by Crippen LogP contribution is 2.25. The number of nitrogens with one attached hydrogen (secondary N) is 5. The van der Waals surface area contributed by atoms with Gasteiger partial charge < -0.3 is 30.2 Å². The van der Waals surface area contributed by atoms with Crippen molar-refractivity contribution in [1.29, 1.82) is 0 Å². The fraction of sp³-hybridized carbons (Fsp3) is 0.179. The van der Waals surface area contributed by atoms with Crippen LogP contribution >= 0.6 is 0 Å². The van der Waals surface area contributed by atoms with E-state index in [1.165, 1.54) is 55.0 Å². The van der Waals surface area contributed by atoms with Gasteiger partial charge in [-0.25, -0.2) is 35.9 Å². The van der Waals surface area contributed by atoms with Crippen molar-refractivity contribution in [1.82, 2.24) is 14.8 Å². The molecular weight excluding hydrogens is 983 g/mol. The molecule has 18 heteroatoms. The standard InChI is InChI=1S/C29H35N3O5S.C27H22N2O6S/c1-2-3-4-5-6-12-20-30-29(34)32-38(35,36)27-19-11-10-18-26(27)31-28(33)24-16-13-17-25(21-24)37-22-23-14-8-7-9-15-23;30-26(21-12-9-15-23(18-21)34-19-20-10-3-1-4-11-20)28-24-16-7-8-17-25(24)36(32,33)29-27(31)35-22-13-5-2-6-14-22/h7-11,13-19,21H,2-6,12,20,22H2,1H3,(H,31,33)(H2,30,32,34);1-18H,19H2,(H,28,30)(H,29,31). The molecule has 74 heavy (non-hydrogen) atoms. The van der Waals surface area contributed by atoms with Crippen molar-refractivity contribution in [3.63, 3.8) is 0 Å². The first-order valence-corrected chi connectivity index (χ1v) is 26.7. The van der Waals surface area contributed by atoms with Crippen LogP contribution in [0.1, 0.15) is 77.3 Å². The van der Waals surface area contributed by atoms with Gasteiger partial charge in [-0.3, -0.25) is 9.59 Å². The minimum atomic E-state index is -4.35. The van der Waals surface area contributed by atoms with Gasteiger partial charge in [0.15, 0.2) is 0 Å². The third kappa shape index (κ3) is 17.7. The highest BCUT2D eigenvalue weighted by molar-refractivity contribution is 7.90. The van der Waals surface area contributed by atoms with E-state index >= 15 is 0 Å². The predicted octanol–water partition coefficient (Wildman–Crippen LogP) is 10.9. The molecule has 0 saturated carbocycles. The van der Waals surface area contributed by atoms with Crippen molar-refractivity contribution in [3.05, 3.63) is 210 Å². The lowest BCUT2D eigenvalue weighted by atomic mass is 10.1. The van der Waals surface area contributed by atoms with Crippen LogP contribution in [0.3, 0.4) is 0 Å². The fourth-order valence-electron chi connectivity index (χ4n) is 7.03. The third-order valence-electron chi connectivity index (χ3n) is 10.8. The molecular formula is C56H57N5O11S2. The SMILES string of the molecule is CCCCCCCCNC(=O)NS(=O)(=O)c1ccccc1NC(=O)c1cccc(OCc2ccccc2)c1.O=C(NS(=O)(=O)c1ccccc1NC(=O)c1cccc(OCc2ccccc2)c1)Oc1ccccc1. The van der Waals surface area contributed by atoms with E-state index in [1.807, 2.05) is 70.1 Å². The van der Waals surface area contributed by atoms with Crippen LogP contribution in [0.25, 0.3) is 0 Å². The number of urea groups is 1. The molecule has 7 aromatic carbocycles. The van der Waals surface area contributed by atoms with E-state index in [9.17, 15) is 36.0 Å². The number of anilines is 2. The van der Waals surface area contributed by atoms with E-state index in [4.69, 9.17) is 14.2 Å². The Bertz CT molecular complexity index is 3180. The summed E-state index contributed by atoms with van der Waals surface area (Å²) in [6.07, 6.45) is 5.17. The van der Waals surface area contributed by atoms with Gasteiger partial charge in [-0.15, -0.1) is 0 Å². The summed E-state index contributed by atoms with van der Waals surface area (Å²) in [5, 5.41) is 7.81. The number of amides is 5. The van der Waals surface area contributed by atoms with Crippen molar-refractivity contribution in [2.75, 3.05) is 17.2 Å². The van der Waals surface area contributed by atoms with Crippen LogP contribution in [0.2, 0.25) is 0 Å². The van der Waals surface area contributed by atoms with Gasteiger partial charge in [-0.05, 0) is 90.3 Å². The van der Waals surface area contributed by atoms with Crippen molar-refractivity contribution in [2.24, 2.45) is 0 Å². The maximum absolute atomic E-state index is 12.9. The Morgan fingerprint density at radius 1 is 0.446 bits per heavy atom. The van der Waals surface area contributed by atoms with Crippen molar-refractivity contribution in [2.45, 2.75) is 68.5 Å². The second kappa shape index (κ2) is 27.9. The lowest BCUT2D eigenvalue weighted by Crippen LogP contribution is -2.40. The first kappa shape index (κ1) is 54.8. The summed E-state index contributed by atoms with van der Waals surface area (Å²) in [5.74, 6) is 0.116. The monoisotopic (exact) mass is 1040 g/mol. The van der Waals surface area contributed by atoms with E-state index in [2.05, 4.69) is 22.9 Å². The summed E-state index contributed by atoms with van der Waals surface area (Å²) >= 11 is 0. The highest BCUT2D eigenvalue weighted by Gasteiger charge is 2.25. The Hall–Kier alpha value is -8.48. The van der Waals surface area contributed by atoms with E-state index in [0.29, 0.717) is 36.8 Å². The lowest BCUT2D eigenvalue weighted by molar-refractivity contribution is 0.101. The number of para-hydroxylation sites is 3. The summed E-state index contributed by atoms with van der Waals surface area (Å²) in [7, 11) is -8.57. The second-order valence-corrected chi connectivity index (χ2v) is 19.7. The number of unbranched alkanes of at least 4 members (excludes halogenated alkanes) is 5. The first-order valence-electron chi connectivity index (χ1n) is 23.7. The molecule has 0 aliphatic carbocycles. The number of hydrogen-bond donors (Lipinski definition) is 5. The fourth-order valence-corrected chi connectivity index (χ4v) is 9.16. The topological polar surface area (TPSA) is 224 Å². The zero-order chi connectivity index (χ0) is 52.6. The molecule has 16 nitrogen and oxygen atoms in total. The van der Waals surface area contributed by atoms with Gasteiger partial charge in [0.2, 0.25) is 0 Å². The molecule has 0 aromatic heterocycles. The van der Waals surface area contributed by atoms with Gasteiger partial charge in [-0.2, -0.15) is 0 Å². The van der Waals surface area contributed by atoms with Crippen LogP contribution in [0.15, 0.2) is 198 Å². The largest absolute Gasteiger partial charge is 0.489 e. The van der Waals surface area contributed by atoms with Crippen molar-refractivity contribution < 1.29 is 50.2 Å². The van der Waals surface area contributed by atoms with E-state index in [0.717, 1.165) is 43.2 Å². The molecule has 0 heterocycles. The molecule has 0 bridgehead atoms. The Balaban J connectivity index is 0.000000241. The number of carbonyl (C=O) groups is 4. The molecule has 0 radical (unpaired) electrons. The number of hydrogen-bond acceptors (Lipinski definition) is 11. The van der Waals surface area contributed by atoms with Gasteiger partial charge in [-0.1, -0.05) is 154 Å². The molecule has 0 aliphatic heterocycles. The lowest BCUT2D eigenvalue weighted by Gasteiger charge is -2.13. The van der Waals surface area contributed by atoms with Crippen LogP contribution in [0, 0.1) is 0 Å². The molecule has 7 rings (SSSR count). The average molecular weight is 1040 g/mol. The second-order valence-electron chi connectivity index (χ2n) is 16.4. The van der Waals surface area contributed by atoms with Crippen LogP contribution in [-0.4, -0.2) is 47.3 Å². The minimum Gasteiger partial charge on any atom is -0.489 e. The normalized spacial score (nSPS) is 10.9. The smallest absolute Gasteiger partial charge is 0.426 e. The van der Waals surface area contributed by atoms with E-state index in [-0.39, 0.29) is 32.5 Å². The number of ether oxygens (including phenoxy) is 3. The molecule has 7 aromatic rings. The molecule has 5 amide bonds. The number of benzene rings is 7. The van der Waals surface area contributed by atoms with Crippen LogP contribution < -0.4 is 39.6 Å². The number of rotatable bonds is 22. The summed E-state index contributed by atoms with van der Waals surface area (Å²) in [4.78, 5) is 49.7. The first-order chi connectivity index (χ1) is 35.8. The minimum absolute atomic E-state index is 0.00174. The zero-order valence-corrected chi connectivity index (χ0v) is 42.2. The van der Waals surface area contributed by atoms with Crippen LogP contribution in [-0.2, 0) is 33.3 Å². The average Bonchev–Trinajstić information content (AvgIpc) is 3.40. The Morgan fingerprint density at radius 2 is 0.865 bits per heavy atom. The van der Waals surface area contributed by atoms with Crippen LogP contribution in [0.4, 0.5) is 21.0 Å². The molecule has 0 spiro atoms. The Labute approximate surface area is 431 Å². The third-order valence-corrected chi connectivity index (χ3v) is 13.5. The molecule has 5 N–H and O–H groups in total. The van der Waals surface area contributed by atoms with Gasteiger partial charge >= 0.3 is 12.1 Å². The molecule has 0 saturated heterocycles. The van der Waals surface area contributed by atoms with Gasteiger partial charge in [0.1, 0.15) is 40.3 Å². The zero-order valence-electron chi connectivity index (χ0n) is 40.6. The van der Waals surface area contributed by atoms with Crippen LogP contribution in [0.5, 0.6) is 17.2 Å². The Morgan fingerprint density at radius 3 is 1.36 bits per heavy atom. The number of carbonyl (C=O) groups excluding carboxylic acids is 4. The van der Waals surface area contributed by atoms with Gasteiger partial charge in [0.25, 0.3) is 31.9 Å². The van der Waals surface area contributed by atoms with Gasteiger partial charge in [0, 0.05) is 17.7 Å².